The van der Waals surface area contributed by atoms with Gasteiger partial charge >= 0.3 is 6.09 Å². The highest BCUT2D eigenvalue weighted by molar-refractivity contribution is 5.89. The molecule has 1 saturated carbocycles. The highest BCUT2D eigenvalue weighted by Gasteiger charge is 2.38. The quantitative estimate of drug-likeness (QED) is 0.340. The summed E-state index contributed by atoms with van der Waals surface area (Å²) in [6.45, 7) is 4.18. The summed E-state index contributed by atoms with van der Waals surface area (Å²) in [6.07, 6.45) is 3.38. The van der Waals surface area contributed by atoms with Gasteiger partial charge in [-0.2, -0.15) is 0 Å². The second-order valence-corrected chi connectivity index (χ2v) is 9.35. The van der Waals surface area contributed by atoms with Crippen LogP contribution in [0.15, 0.2) is 85.2 Å². The molecule has 1 aliphatic rings. The number of nitrogens with zero attached hydrogens (tertiary/aromatic N) is 2. The van der Waals surface area contributed by atoms with Gasteiger partial charge in [0.15, 0.2) is 0 Å². The number of aryl methyl sites for hydroxylation is 1. The summed E-state index contributed by atoms with van der Waals surface area (Å²) in [5.74, 6) is 0.597. The van der Waals surface area contributed by atoms with Crippen LogP contribution in [0.4, 0.5) is 10.6 Å². The third kappa shape index (κ3) is 4.46. The lowest BCUT2D eigenvalue weighted by Gasteiger charge is -2.15. The summed E-state index contributed by atoms with van der Waals surface area (Å²) < 4.78 is 7.37. The summed E-state index contributed by atoms with van der Waals surface area (Å²) in [7, 11) is 1.85. The number of ether oxygens (including phenoxy) is 1. The van der Waals surface area contributed by atoms with Gasteiger partial charge in [0, 0.05) is 12.6 Å². The van der Waals surface area contributed by atoms with E-state index in [-0.39, 0.29) is 6.10 Å². The van der Waals surface area contributed by atoms with Crippen LogP contribution in [0.3, 0.4) is 0 Å². The van der Waals surface area contributed by atoms with Crippen molar-refractivity contribution < 1.29 is 9.53 Å². The fraction of sp³-hybridized carbons (Fsp3) is 0.241. The predicted octanol–water partition coefficient (Wildman–Crippen LogP) is 7.12. The van der Waals surface area contributed by atoms with E-state index in [9.17, 15) is 4.79 Å². The molecule has 34 heavy (non-hydrogen) atoms. The van der Waals surface area contributed by atoms with Gasteiger partial charge in [-0.15, -0.1) is 0 Å². The molecule has 1 aromatic heterocycles. The topological polar surface area (TPSA) is 56.1 Å². The maximum absolute atomic E-state index is 12.6. The van der Waals surface area contributed by atoms with Gasteiger partial charge in [0.1, 0.15) is 17.6 Å². The molecule has 1 N–H and O–H groups in total. The van der Waals surface area contributed by atoms with Gasteiger partial charge < -0.3 is 9.30 Å². The molecule has 1 atom stereocenters. The fourth-order valence-electron chi connectivity index (χ4n) is 4.23. The average molecular weight is 452 g/mol. The molecule has 4 aromatic rings. The van der Waals surface area contributed by atoms with Crippen LogP contribution in [0, 0.1) is 0 Å². The third-order valence-corrected chi connectivity index (χ3v) is 6.78. The Morgan fingerprint density at radius 2 is 1.53 bits per heavy atom. The van der Waals surface area contributed by atoms with E-state index in [1.807, 2.05) is 56.4 Å². The number of hydrogen-bond acceptors (Lipinski definition) is 3. The van der Waals surface area contributed by atoms with Gasteiger partial charge in [0.05, 0.1) is 6.33 Å². The SMILES string of the molecule is C[C@@H](OC(=O)Nc1c(-c2ccc(-c3ccc(C4(C)CC4)cc3)cc2)ncn1C)c1ccccc1. The van der Waals surface area contributed by atoms with Crippen LogP contribution in [-0.4, -0.2) is 15.6 Å². The summed E-state index contributed by atoms with van der Waals surface area (Å²) in [5, 5.41) is 2.87. The monoisotopic (exact) mass is 451 g/mol. The van der Waals surface area contributed by atoms with Crippen molar-refractivity contribution in [3.05, 3.63) is 96.3 Å². The number of carbonyl (C=O) groups excluding carboxylic acids is 1. The molecule has 0 aliphatic heterocycles. The number of benzene rings is 3. The lowest BCUT2D eigenvalue weighted by molar-refractivity contribution is 0.121. The normalized spacial score (nSPS) is 14.9. The van der Waals surface area contributed by atoms with Crippen molar-refractivity contribution >= 4 is 11.9 Å². The van der Waals surface area contributed by atoms with Crippen LogP contribution < -0.4 is 5.32 Å². The third-order valence-electron chi connectivity index (χ3n) is 6.78. The molecule has 5 heteroatoms. The van der Waals surface area contributed by atoms with Crippen molar-refractivity contribution in [2.45, 2.75) is 38.2 Å². The molecule has 0 saturated heterocycles. The van der Waals surface area contributed by atoms with E-state index in [1.165, 1.54) is 24.0 Å². The van der Waals surface area contributed by atoms with Crippen molar-refractivity contribution in [2.75, 3.05) is 5.32 Å². The number of imidazole rings is 1. The standard InChI is InChI=1S/C29H29N3O2/c1-20(21-7-5-4-6-8-21)34-28(33)31-27-26(30-19-32(27)3)24-11-9-22(10-12-24)23-13-15-25(16-14-23)29(2)17-18-29/h4-16,19-20H,17-18H2,1-3H3,(H,31,33)/t20-/m1/s1. The van der Waals surface area contributed by atoms with Gasteiger partial charge in [-0.05, 0) is 47.4 Å². The fourth-order valence-corrected chi connectivity index (χ4v) is 4.23. The number of hydrogen-bond donors (Lipinski definition) is 1. The zero-order valence-corrected chi connectivity index (χ0v) is 19.8. The maximum atomic E-state index is 12.6. The molecule has 0 unspecified atom stereocenters. The number of amides is 1. The highest BCUT2D eigenvalue weighted by atomic mass is 16.6. The first-order valence-corrected chi connectivity index (χ1v) is 11.7. The van der Waals surface area contributed by atoms with Crippen LogP contribution in [0.25, 0.3) is 22.4 Å². The van der Waals surface area contributed by atoms with E-state index in [0.29, 0.717) is 16.9 Å². The first kappa shape index (κ1) is 22.0. The molecule has 1 heterocycles. The summed E-state index contributed by atoms with van der Waals surface area (Å²) in [4.78, 5) is 17.1. The first-order chi connectivity index (χ1) is 16.4. The second-order valence-electron chi connectivity index (χ2n) is 9.35. The Bertz CT molecular complexity index is 1290. The van der Waals surface area contributed by atoms with Crippen LogP contribution >= 0.6 is 0 Å². The number of aromatic nitrogens is 2. The molecule has 1 fully saturated rings. The summed E-state index contributed by atoms with van der Waals surface area (Å²) in [5.41, 5.74) is 6.72. The average Bonchev–Trinajstić information content (AvgIpc) is 3.52. The van der Waals surface area contributed by atoms with Gasteiger partial charge in [-0.3, -0.25) is 5.32 Å². The van der Waals surface area contributed by atoms with Crippen molar-refractivity contribution in [1.82, 2.24) is 9.55 Å². The summed E-state index contributed by atoms with van der Waals surface area (Å²) in [6, 6.07) is 26.8. The van der Waals surface area contributed by atoms with E-state index >= 15 is 0 Å². The van der Waals surface area contributed by atoms with Crippen LogP contribution in [-0.2, 0) is 17.2 Å². The Hall–Kier alpha value is -3.86. The van der Waals surface area contributed by atoms with E-state index in [2.05, 4.69) is 53.6 Å². The Balaban J connectivity index is 1.30. The minimum Gasteiger partial charge on any atom is -0.441 e. The predicted molar refractivity (Wildman–Crippen MR) is 136 cm³/mol. The van der Waals surface area contributed by atoms with E-state index < -0.39 is 6.09 Å². The number of carbonyl (C=O) groups is 1. The molecule has 1 amide bonds. The lowest BCUT2D eigenvalue weighted by atomic mass is 9.95. The van der Waals surface area contributed by atoms with Crippen molar-refractivity contribution in [2.24, 2.45) is 7.05 Å². The van der Waals surface area contributed by atoms with E-state index in [1.54, 1.807) is 10.9 Å². The van der Waals surface area contributed by atoms with Crippen molar-refractivity contribution in [3.63, 3.8) is 0 Å². The first-order valence-electron chi connectivity index (χ1n) is 11.7. The molecule has 5 rings (SSSR count). The molecule has 5 nitrogen and oxygen atoms in total. The highest BCUT2D eigenvalue weighted by Crippen LogP contribution is 2.47. The van der Waals surface area contributed by atoms with Crippen molar-refractivity contribution in [1.29, 1.82) is 0 Å². The van der Waals surface area contributed by atoms with Crippen LogP contribution in [0.5, 0.6) is 0 Å². The van der Waals surface area contributed by atoms with Crippen LogP contribution in [0.1, 0.15) is 43.9 Å². The number of anilines is 1. The molecule has 0 bridgehead atoms. The molecular weight excluding hydrogens is 422 g/mol. The Morgan fingerprint density at radius 3 is 2.15 bits per heavy atom. The lowest BCUT2D eigenvalue weighted by Crippen LogP contribution is -2.18. The van der Waals surface area contributed by atoms with Gasteiger partial charge in [-0.25, -0.2) is 9.78 Å². The molecule has 0 spiro atoms. The zero-order valence-electron chi connectivity index (χ0n) is 19.8. The van der Waals surface area contributed by atoms with Crippen molar-refractivity contribution in [3.8, 4) is 22.4 Å². The van der Waals surface area contributed by atoms with E-state index in [4.69, 9.17) is 4.74 Å². The number of rotatable bonds is 6. The minimum atomic E-state index is -0.512. The molecular formula is C29H29N3O2. The second kappa shape index (κ2) is 8.82. The zero-order chi connectivity index (χ0) is 23.7. The Labute approximate surface area is 200 Å². The minimum absolute atomic E-state index is 0.356. The van der Waals surface area contributed by atoms with Gasteiger partial charge in [0.25, 0.3) is 0 Å². The molecule has 1 aliphatic carbocycles. The summed E-state index contributed by atoms with van der Waals surface area (Å²) >= 11 is 0. The number of nitrogens with one attached hydrogen (secondary N) is 1. The Kier molecular flexibility index (Phi) is 5.70. The Morgan fingerprint density at radius 1 is 0.941 bits per heavy atom. The maximum Gasteiger partial charge on any atom is 0.413 e. The molecule has 0 radical (unpaired) electrons. The van der Waals surface area contributed by atoms with Gasteiger partial charge in [0.2, 0.25) is 0 Å². The molecule has 172 valence electrons. The van der Waals surface area contributed by atoms with E-state index in [0.717, 1.165) is 16.7 Å². The van der Waals surface area contributed by atoms with Crippen LogP contribution in [0.2, 0.25) is 0 Å². The van der Waals surface area contributed by atoms with Gasteiger partial charge in [-0.1, -0.05) is 85.8 Å². The molecule has 3 aromatic carbocycles. The smallest absolute Gasteiger partial charge is 0.413 e. The largest absolute Gasteiger partial charge is 0.441 e.